The van der Waals surface area contributed by atoms with Crippen molar-refractivity contribution in [2.45, 2.75) is 6.92 Å². The fraction of sp³-hybridized carbons (Fsp3) is 0.143. The molecule has 1 fully saturated rings. The summed E-state index contributed by atoms with van der Waals surface area (Å²) in [6, 6.07) is 6.42. The Morgan fingerprint density at radius 1 is 1.27 bits per heavy atom. The van der Waals surface area contributed by atoms with Crippen molar-refractivity contribution >= 4 is 40.9 Å². The number of nitrogens with two attached hydrogens (primary N) is 1. The van der Waals surface area contributed by atoms with Crippen LogP contribution in [0.2, 0.25) is 0 Å². The topological polar surface area (TPSA) is 107 Å². The first-order valence-electron chi connectivity index (χ1n) is 6.19. The highest BCUT2D eigenvalue weighted by atomic mass is 32.2. The number of benzene rings is 1. The van der Waals surface area contributed by atoms with Crippen LogP contribution in [0.4, 0.5) is 4.79 Å². The normalized spacial score (nSPS) is 16.2. The minimum Gasteiger partial charge on any atom is -0.427 e. The molecule has 7 nitrogen and oxygen atoms in total. The Kier molecular flexibility index (Phi) is 4.62. The summed E-state index contributed by atoms with van der Waals surface area (Å²) in [4.78, 5) is 46.3. The molecule has 1 aliphatic rings. The van der Waals surface area contributed by atoms with E-state index in [-0.39, 0.29) is 4.91 Å². The third-order valence-electron chi connectivity index (χ3n) is 2.63. The predicted molar refractivity (Wildman–Crippen MR) is 79.6 cm³/mol. The summed E-state index contributed by atoms with van der Waals surface area (Å²) in [6.07, 6.45) is 1.52. The van der Waals surface area contributed by atoms with Crippen molar-refractivity contribution in [2.24, 2.45) is 5.73 Å². The second kappa shape index (κ2) is 6.44. The van der Waals surface area contributed by atoms with Gasteiger partial charge in [0.05, 0.1) is 4.91 Å². The maximum absolute atomic E-state index is 12.0. The van der Waals surface area contributed by atoms with Gasteiger partial charge in [-0.05, 0) is 35.5 Å². The summed E-state index contributed by atoms with van der Waals surface area (Å²) < 4.78 is 4.89. The Bertz CT molecular complexity index is 681. The molecule has 1 saturated heterocycles. The maximum atomic E-state index is 12.0. The number of primary amides is 1. The van der Waals surface area contributed by atoms with Gasteiger partial charge >= 0.3 is 5.97 Å². The van der Waals surface area contributed by atoms with Crippen LogP contribution in [-0.2, 0) is 14.4 Å². The number of hydrogen-bond donors (Lipinski definition) is 1. The van der Waals surface area contributed by atoms with Gasteiger partial charge in [-0.1, -0.05) is 12.1 Å². The van der Waals surface area contributed by atoms with E-state index in [1.807, 2.05) is 0 Å². The number of esters is 1. The van der Waals surface area contributed by atoms with Crippen molar-refractivity contribution in [1.82, 2.24) is 4.90 Å². The van der Waals surface area contributed by atoms with E-state index in [0.29, 0.717) is 11.3 Å². The lowest BCUT2D eigenvalue weighted by atomic mass is 10.2. The molecular formula is C14H12N2O5S. The van der Waals surface area contributed by atoms with Crippen molar-refractivity contribution in [1.29, 1.82) is 0 Å². The molecule has 114 valence electrons. The van der Waals surface area contributed by atoms with Crippen LogP contribution in [0, 0.1) is 0 Å². The molecule has 0 radical (unpaired) electrons. The first-order chi connectivity index (χ1) is 10.4. The molecule has 1 aromatic carbocycles. The zero-order valence-electron chi connectivity index (χ0n) is 11.6. The van der Waals surface area contributed by atoms with Gasteiger partial charge in [-0.25, -0.2) is 0 Å². The molecule has 0 atom stereocenters. The average Bonchev–Trinajstić information content (AvgIpc) is 2.68. The third-order valence-corrected chi connectivity index (χ3v) is 3.53. The van der Waals surface area contributed by atoms with E-state index >= 15 is 0 Å². The fourth-order valence-electron chi connectivity index (χ4n) is 1.74. The van der Waals surface area contributed by atoms with Crippen molar-refractivity contribution in [3.8, 4) is 5.75 Å². The molecule has 0 saturated carbocycles. The number of imide groups is 1. The van der Waals surface area contributed by atoms with Crippen molar-refractivity contribution in [2.75, 3.05) is 6.54 Å². The van der Waals surface area contributed by atoms with Gasteiger partial charge in [0.15, 0.2) is 0 Å². The Morgan fingerprint density at radius 3 is 2.45 bits per heavy atom. The predicted octanol–water partition coefficient (Wildman–Crippen LogP) is 1.13. The van der Waals surface area contributed by atoms with E-state index in [0.717, 1.165) is 16.7 Å². The van der Waals surface area contributed by atoms with Crippen LogP contribution in [0.15, 0.2) is 29.2 Å². The van der Waals surface area contributed by atoms with Crippen molar-refractivity contribution in [3.63, 3.8) is 0 Å². The van der Waals surface area contributed by atoms with Crippen LogP contribution in [0.5, 0.6) is 5.75 Å². The molecule has 1 aromatic rings. The molecule has 0 aromatic heterocycles. The number of ether oxygens (including phenoxy) is 1. The van der Waals surface area contributed by atoms with E-state index in [9.17, 15) is 19.2 Å². The number of nitrogens with zero attached hydrogens (tertiary/aromatic N) is 1. The Hall–Kier alpha value is -2.61. The standard InChI is InChI=1S/C14H12N2O5S/c1-8(17)21-10-4-2-9(3-5-10)6-11-13(19)16(7-12(15)18)14(20)22-11/h2-6H,7H2,1H3,(H2,15,18)/b11-6-. The summed E-state index contributed by atoms with van der Waals surface area (Å²) in [7, 11) is 0. The van der Waals surface area contributed by atoms with Crippen molar-refractivity contribution in [3.05, 3.63) is 34.7 Å². The summed E-state index contributed by atoms with van der Waals surface area (Å²) in [6.45, 7) is 0.857. The zero-order chi connectivity index (χ0) is 16.3. The number of thioether (sulfide) groups is 1. The zero-order valence-corrected chi connectivity index (χ0v) is 12.4. The minimum absolute atomic E-state index is 0.200. The molecule has 22 heavy (non-hydrogen) atoms. The SMILES string of the molecule is CC(=O)Oc1ccc(/C=C2\SC(=O)N(CC(N)=O)C2=O)cc1. The smallest absolute Gasteiger partial charge is 0.308 e. The lowest BCUT2D eigenvalue weighted by Crippen LogP contribution is -2.36. The van der Waals surface area contributed by atoms with E-state index < -0.39 is 29.6 Å². The largest absolute Gasteiger partial charge is 0.427 e. The van der Waals surface area contributed by atoms with Gasteiger partial charge in [-0.2, -0.15) is 0 Å². The summed E-state index contributed by atoms with van der Waals surface area (Å²) in [5, 5.41) is -0.536. The van der Waals surface area contributed by atoms with Gasteiger partial charge in [-0.15, -0.1) is 0 Å². The van der Waals surface area contributed by atoms with Crippen LogP contribution in [0.1, 0.15) is 12.5 Å². The van der Waals surface area contributed by atoms with Gasteiger partial charge in [-0.3, -0.25) is 24.1 Å². The number of hydrogen-bond acceptors (Lipinski definition) is 6. The lowest BCUT2D eigenvalue weighted by molar-refractivity contribution is -0.131. The van der Waals surface area contributed by atoms with E-state index in [2.05, 4.69) is 0 Å². The highest BCUT2D eigenvalue weighted by Crippen LogP contribution is 2.32. The monoisotopic (exact) mass is 320 g/mol. The first-order valence-corrected chi connectivity index (χ1v) is 7.00. The number of amides is 3. The second-order valence-corrected chi connectivity index (χ2v) is 5.39. The molecule has 3 amide bonds. The van der Waals surface area contributed by atoms with Crippen LogP contribution in [-0.4, -0.2) is 34.5 Å². The Morgan fingerprint density at radius 2 is 1.91 bits per heavy atom. The first kappa shape index (κ1) is 15.8. The fourth-order valence-corrected chi connectivity index (χ4v) is 2.58. The molecule has 0 bridgehead atoms. The van der Waals surface area contributed by atoms with Gasteiger partial charge in [0.2, 0.25) is 5.91 Å². The van der Waals surface area contributed by atoms with Gasteiger partial charge in [0.25, 0.3) is 11.1 Å². The molecule has 8 heteroatoms. The van der Waals surface area contributed by atoms with E-state index in [1.54, 1.807) is 24.3 Å². The highest BCUT2D eigenvalue weighted by molar-refractivity contribution is 8.18. The minimum atomic E-state index is -0.755. The lowest BCUT2D eigenvalue weighted by Gasteiger charge is -2.08. The van der Waals surface area contributed by atoms with Crippen LogP contribution >= 0.6 is 11.8 Å². The number of carbonyl (C=O) groups excluding carboxylic acids is 4. The van der Waals surface area contributed by atoms with Gasteiger partial charge < -0.3 is 10.5 Å². The molecule has 0 spiro atoms. The quantitative estimate of drug-likeness (QED) is 0.506. The van der Waals surface area contributed by atoms with E-state index in [1.165, 1.54) is 13.0 Å². The van der Waals surface area contributed by atoms with Crippen LogP contribution in [0.25, 0.3) is 6.08 Å². The summed E-state index contributed by atoms with van der Waals surface area (Å²) in [5.41, 5.74) is 5.65. The van der Waals surface area contributed by atoms with E-state index in [4.69, 9.17) is 10.5 Å². The van der Waals surface area contributed by atoms with Crippen LogP contribution < -0.4 is 10.5 Å². The molecule has 0 unspecified atom stereocenters. The average molecular weight is 320 g/mol. The maximum Gasteiger partial charge on any atom is 0.308 e. The third kappa shape index (κ3) is 3.73. The van der Waals surface area contributed by atoms with Crippen molar-refractivity contribution < 1.29 is 23.9 Å². The Balaban J connectivity index is 2.16. The second-order valence-electron chi connectivity index (χ2n) is 4.40. The summed E-state index contributed by atoms with van der Waals surface area (Å²) >= 11 is 0.739. The molecule has 1 heterocycles. The van der Waals surface area contributed by atoms with Gasteiger partial charge in [0.1, 0.15) is 12.3 Å². The molecule has 2 N–H and O–H groups in total. The highest BCUT2D eigenvalue weighted by Gasteiger charge is 2.35. The molecule has 0 aliphatic carbocycles. The Labute approximate surface area is 130 Å². The summed E-state index contributed by atoms with van der Waals surface area (Å²) in [5.74, 6) is -1.36. The molecule has 2 rings (SSSR count). The van der Waals surface area contributed by atoms with Gasteiger partial charge in [0, 0.05) is 6.92 Å². The molecule has 1 aliphatic heterocycles. The number of carbonyl (C=O) groups is 4. The molecular weight excluding hydrogens is 308 g/mol. The number of rotatable bonds is 4. The van der Waals surface area contributed by atoms with Crippen LogP contribution in [0.3, 0.4) is 0 Å².